The van der Waals surface area contributed by atoms with Gasteiger partial charge in [-0.15, -0.1) is 11.8 Å². The van der Waals surface area contributed by atoms with Gasteiger partial charge in [0.25, 0.3) is 0 Å². The highest BCUT2D eigenvalue weighted by Gasteiger charge is 2.20. The standard InChI is InChI=1S/C41H28N2OS/c42-40-33(27-11-3-1-4-12-27)24-38-39(32-17-9-10-18-37(32)44-38)41(40)45-25-26-19-20-31-34-22-28-13-7-8-14-29(28)23-36(34)43(35(31)21-26)30-15-5-2-6-16-30/h1-24H,25,42H2. The number of nitrogens with zero attached hydrogens (tertiary/aromatic N) is 1. The van der Waals surface area contributed by atoms with Gasteiger partial charge in [0.15, 0.2) is 0 Å². The lowest BCUT2D eigenvalue weighted by Crippen LogP contribution is -1.95. The molecule has 9 aromatic rings. The Morgan fingerprint density at radius 3 is 2.09 bits per heavy atom. The van der Waals surface area contributed by atoms with Crippen molar-refractivity contribution >= 4 is 72.0 Å². The number of para-hydroxylation sites is 2. The lowest BCUT2D eigenvalue weighted by Gasteiger charge is -2.13. The average Bonchev–Trinajstić information content (AvgIpc) is 3.62. The van der Waals surface area contributed by atoms with Gasteiger partial charge in [0.1, 0.15) is 11.2 Å². The number of anilines is 1. The van der Waals surface area contributed by atoms with Crippen molar-refractivity contribution in [3.63, 3.8) is 0 Å². The van der Waals surface area contributed by atoms with Crippen molar-refractivity contribution in [2.24, 2.45) is 0 Å². The van der Waals surface area contributed by atoms with Gasteiger partial charge in [-0.1, -0.05) is 103 Å². The molecule has 0 atom stereocenters. The molecular weight excluding hydrogens is 569 g/mol. The van der Waals surface area contributed by atoms with Gasteiger partial charge in [-0.25, -0.2) is 0 Å². The third-order valence-corrected chi connectivity index (χ3v) is 10.0. The first kappa shape index (κ1) is 26.0. The van der Waals surface area contributed by atoms with Crippen LogP contribution in [0.2, 0.25) is 0 Å². The molecule has 2 heterocycles. The Bertz CT molecular complexity index is 2550. The first-order chi connectivity index (χ1) is 22.2. The molecule has 0 aliphatic carbocycles. The molecule has 0 aliphatic heterocycles. The van der Waals surface area contributed by atoms with E-state index < -0.39 is 0 Å². The Morgan fingerprint density at radius 2 is 1.27 bits per heavy atom. The van der Waals surface area contributed by atoms with E-state index in [1.54, 1.807) is 11.8 Å². The van der Waals surface area contributed by atoms with Crippen LogP contribution in [0.5, 0.6) is 0 Å². The van der Waals surface area contributed by atoms with E-state index in [1.807, 2.05) is 18.2 Å². The molecule has 0 fully saturated rings. The largest absolute Gasteiger partial charge is 0.456 e. The lowest BCUT2D eigenvalue weighted by molar-refractivity contribution is 0.668. The molecule has 0 radical (unpaired) electrons. The van der Waals surface area contributed by atoms with Crippen molar-refractivity contribution in [1.29, 1.82) is 0 Å². The van der Waals surface area contributed by atoms with Crippen LogP contribution in [0.15, 0.2) is 155 Å². The topological polar surface area (TPSA) is 44.1 Å². The molecule has 0 spiro atoms. The minimum atomic E-state index is 0.769. The molecule has 0 unspecified atom stereocenters. The van der Waals surface area contributed by atoms with Gasteiger partial charge in [-0.3, -0.25) is 0 Å². The molecule has 3 nitrogen and oxygen atoms in total. The van der Waals surface area contributed by atoms with Crippen molar-refractivity contribution < 1.29 is 4.42 Å². The van der Waals surface area contributed by atoms with Crippen LogP contribution in [0.3, 0.4) is 0 Å². The Labute approximate surface area is 264 Å². The molecule has 0 saturated heterocycles. The number of fused-ring (bicyclic) bond motifs is 7. The summed E-state index contributed by atoms with van der Waals surface area (Å²) in [6.07, 6.45) is 0. The Kier molecular flexibility index (Phi) is 5.97. The van der Waals surface area contributed by atoms with E-state index in [1.165, 1.54) is 38.1 Å². The second-order valence-corrected chi connectivity index (χ2v) is 12.5. The van der Waals surface area contributed by atoms with E-state index in [0.29, 0.717) is 0 Å². The number of nitrogens with two attached hydrogens (primary N) is 1. The van der Waals surface area contributed by atoms with Gasteiger partial charge in [0, 0.05) is 43.4 Å². The molecule has 0 aliphatic rings. The maximum Gasteiger partial charge on any atom is 0.137 e. The highest BCUT2D eigenvalue weighted by molar-refractivity contribution is 7.99. The van der Waals surface area contributed by atoms with Crippen LogP contribution in [-0.4, -0.2) is 4.57 Å². The van der Waals surface area contributed by atoms with Gasteiger partial charge in [-0.05, 0) is 64.4 Å². The van der Waals surface area contributed by atoms with E-state index >= 15 is 0 Å². The molecule has 0 bridgehead atoms. The molecule has 214 valence electrons. The summed E-state index contributed by atoms with van der Waals surface area (Å²) in [5.41, 5.74) is 16.4. The number of aromatic nitrogens is 1. The summed E-state index contributed by atoms with van der Waals surface area (Å²) >= 11 is 1.78. The first-order valence-corrected chi connectivity index (χ1v) is 16.1. The van der Waals surface area contributed by atoms with Crippen molar-refractivity contribution in [2.45, 2.75) is 10.6 Å². The highest BCUT2D eigenvalue weighted by Crippen LogP contribution is 2.45. The summed E-state index contributed by atoms with van der Waals surface area (Å²) in [6, 6.07) is 51.5. The minimum Gasteiger partial charge on any atom is -0.456 e. The summed E-state index contributed by atoms with van der Waals surface area (Å²) in [5, 5.41) is 7.18. The van der Waals surface area contributed by atoms with E-state index in [-0.39, 0.29) is 0 Å². The predicted octanol–water partition coefficient (Wildman–Crippen LogP) is 11.4. The molecule has 0 amide bonds. The van der Waals surface area contributed by atoms with Crippen LogP contribution < -0.4 is 5.73 Å². The first-order valence-electron chi connectivity index (χ1n) is 15.2. The number of nitrogen functional groups attached to an aromatic ring is 1. The van der Waals surface area contributed by atoms with Crippen LogP contribution in [0, 0.1) is 0 Å². The van der Waals surface area contributed by atoms with Crippen LogP contribution in [-0.2, 0) is 5.75 Å². The molecule has 4 heteroatoms. The van der Waals surface area contributed by atoms with Crippen LogP contribution >= 0.6 is 11.8 Å². The maximum atomic E-state index is 7.02. The fraction of sp³-hybridized carbons (Fsp3) is 0.0244. The molecular formula is C41H28N2OS. The van der Waals surface area contributed by atoms with Gasteiger partial charge < -0.3 is 14.7 Å². The van der Waals surface area contributed by atoms with Crippen molar-refractivity contribution in [3.8, 4) is 16.8 Å². The quantitative estimate of drug-likeness (QED) is 0.159. The third kappa shape index (κ3) is 4.21. The zero-order valence-electron chi connectivity index (χ0n) is 24.4. The number of hydrogen-bond acceptors (Lipinski definition) is 3. The zero-order chi connectivity index (χ0) is 29.9. The smallest absolute Gasteiger partial charge is 0.137 e. The number of rotatable bonds is 5. The summed E-state index contributed by atoms with van der Waals surface area (Å²) in [4.78, 5) is 1.06. The average molecular weight is 597 g/mol. The lowest BCUT2D eigenvalue weighted by atomic mass is 10.0. The van der Waals surface area contributed by atoms with E-state index in [4.69, 9.17) is 10.2 Å². The van der Waals surface area contributed by atoms with Crippen molar-refractivity contribution in [1.82, 2.24) is 4.57 Å². The van der Waals surface area contributed by atoms with Gasteiger partial charge in [0.05, 0.1) is 16.7 Å². The van der Waals surface area contributed by atoms with Crippen molar-refractivity contribution in [3.05, 3.63) is 151 Å². The number of hydrogen-bond donors (Lipinski definition) is 1. The fourth-order valence-electron chi connectivity index (χ4n) is 6.72. The molecule has 0 saturated carbocycles. The maximum absolute atomic E-state index is 7.02. The number of furan rings is 1. The molecule has 2 aromatic heterocycles. The number of thioether (sulfide) groups is 1. The fourth-order valence-corrected chi connectivity index (χ4v) is 7.83. The normalized spacial score (nSPS) is 11.8. The van der Waals surface area contributed by atoms with Gasteiger partial charge in [-0.2, -0.15) is 0 Å². The second-order valence-electron chi connectivity index (χ2n) is 11.5. The molecule has 7 aromatic carbocycles. The van der Waals surface area contributed by atoms with Gasteiger partial charge >= 0.3 is 0 Å². The summed E-state index contributed by atoms with van der Waals surface area (Å²) in [7, 11) is 0. The third-order valence-electron chi connectivity index (χ3n) is 8.84. The Morgan fingerprint density at radius 1 is 0.578 bits per heavy atom. The van der Waals surface area contributed by atoms with Crippen LogP contribution in [0.4, 0.5) is 5.69 Å². The molecule has 45 heavy (non-hydrogen) atoms. The second kappa shape index (κ2) is 10.3. The monoisotopic (exact) mass is 596 g/mol. The highest BCUT2D eigenvalue weighted by atomic mass is 32.2. The minimum absolute atomic E-state index is 0.769. The van der Waals surface area contributed by atoms with E-state index in [2.05, 4.69) is 132 Å². The molecule has 9 rings (SSSR count). The summed E-state index contributed by atoms with van der Waals surface area (Å²) in [5.74, 6) is 0.769. The predicted molar refractivity (Wildman–Crippen MR) is 191 cm³/mol. The van der Waals surface area contributed by atoms with Crippen LogP contribution in [0.1, 0.15) is 5.56 Å². The summed E-state index contributed by atoms with van der Waals surface area (Å²) < 4.78 is 8.78. The molecule has 2 N–H and O–H groups in total. The summed E-state index contributed by atoms with van der Waals surface area (Å²) in [6.45, 7) is 0. The Hall–Kier alpha value is -5.45. The van der Waals surface area contributed by atoms with Crippen molar-refractivity contribution in [2.75, 3.05) is 5.73 Å². The number of benzene rings is 7. The van der Waals surface area contributed by atoms with Crippen LogP contribution in [0.25, 0.3) is 71.3 Å². The van der Waals surface area contributed by atoms with Gasteiger partial charge in [0.2, 0.25) is 0 Å². The van der Waals surface area contributed by atoms with E-state index in [9.17, 15) is 0 Å². The Balaban J connectivity index is 1.21. The SMILES string of the molecule is Nc1c(-c2ccccc2)cc2oc3ccccc3c2c1SCc1ccc2c3cc4ccccc4cc3n(-c3ccccc3)c2c1. The zero-order valence-corrected chi connectivity index (χ0v) is 25.2. The van der Waals surface area contributed by atoms with E-state index in [0.717, 1.165) is 55.1 Å².